The van der Waals surface area contributed by atoms with Crippen molar-refractivity contribution in [2.24, 2.45) is 0 Å². The van der Waals surface area contributed by atoms with E-state index in [4.69, 9.17) is 0 Å². The van der Waals surface area contributed by atoms with Crippen LogP contribution in [0.3, 0.4) is 0 Å². The Labute approximate surface area is 455 Å². The molecule has 0 spiro atoms. The van der Waals surface area contributed by atoms with Crippen molar-refractivity contribution in [2.45, 2.75) is 13.8 Å². The molecule has 6 heteroatoms. The van der Waals surface area contributed by atoms with E-state index in [1.54, 1.807) is 0 Å². The second kappa shape index (κ2) is 27.0. The summed E-state index contributed by atoms with van der Waals surface area (Å²) < 4.78 is 0. The van der Waals surface area contributed by atoms with Crippen molar-refractivity contribution >= 4 is 90.8 Å². The van der Waals surface area contributed by atoms with E-state index in [1.165, 1.54) is 86.0 Å². The molecule has 0 heterocycles. The van der Waals surface area contributed by atoms with Crippen molar-refractivity contribution in [3.63, 3.8) is 0 Å². The predicted octanol–water partition coefficient (Wildman–Crippen LogP) is 8.37. The van der Waals surface area contributed by atoms with Crippen LogP contribution in [0.5, 0.6) is 0 Å². The van der Waals surface area contributed by atoms with E-state index in [9.17, 15) is 0 Å². The van der Waals surface area contributed by atoms with Gasteiger partial charge in [-0.2, -0.15) is 24.3 Å². The molecule has 0 amide bonds. The maximum absolute atomic E-state index is 2.35. The molecule has 0 aliphatic heterocycles. The van der Waals surface area contributed by atoms with Crippen LogP contribution in [0.1, 0.15) is 11.1 Å². The number of benzene rings is 8. The monoisotopic (exact) mass is 1110 g/mol. The van der Waals surface area contributed by atoms with Gasteiger partial charge in [0.2, 0.25) is 0 Å². The van der Waals surface area contributed by atoms with E-state index in [-0.39, 0.29) is 77.2 Å². The van der Waals surface area contributed by atoms with Gasteiger partial charge < -0.3 is 24.8 Å². The van der Waals surface area contributed by atoms with E-state index < -0.39 is 15.8 Å². The topological polar surface area (TPSA) is 0 Å². The molecule has 0 nitrogen and oxygen atoms in total. The first-order valence-corrected chi connectivity index (χ1v) is 24.6. The van der Waals surface area contributed by atoms with Gasteiger partial charge in [0.05, 0.1) is 0 Å². The molecule has 0 fully saturated rings. The van der Waals surface area contributed by atoms with Gasteiger partial charge in [-0.15, -0.1) is 162 Å². The van der Waals surface area contributed by atoms with Crippen molar-refractivity contribution in [2.75, 3.05) is 0 Å². The van der Waals surface area contributed by atoms with Gasteiger partial charge in [-0.05, 0) is 37.1 Å². The van der Waals surface area contributed by atoms with Crippen LogP contribution in [-0.4, -0.2) is 0 Å². The van der Waals surface area contributed by atoms with Gasteiger partial charge in [0.25, 0.3) is 0 Å². The van der Waals surface area contributed by atoms with E-state index in [0.717, 1.165) is 0 Å². The Kier molecular flexibility index (Phi) is 21.6. The number of hydrogen-bond acceptors (Lipinski definition) is 0. The third-order valence-corrected chi connectivity index (χ3v) is 16.1. The standard InChI is InChI=1S/2C21H16P.2C10H9.2ClH.2Zr/c2*1-3-11-19(12-4-1)22(20-13-5-2-6-14-20)21-15-17-9-7-8-10-18(17)16-21;2*1-8-6-9-4-2-3-5-10(9)7-8;;;;/h2*1-16H;2*2-7H,1H3;2*1H;;/q4*-1;;;2*+2/p-2. The van der Waals surface area contributed by atoms with Crippen LogP contribution in [-0.2, 0) is 52.4 Å². The molecular formula is C62H50Cl2P2Zr2-2. The normalized spacial score (nSPS) is 10.3. The number of hydrogen-bond donors (Lipinski definition) is 0. The summed E-state index contributed by atoms with van der Waals surface area (Å²) in [5.74, 6) is 0. The molecule has 0 N–H and O–H groups in total. The van der Waals surface area contributed by atoms with Crippen LogP contribution in [0.2, 0.25) is 0 Å². The number of halogens is 2. The first-order chi connectivity index (χ1) is 31.6. The van der Waals surface area contributed by atoms with Gasteiger partial charge in [-0.3, -0.25) is 0 Å². The summed E-state index contributed by atoms with van der Waals surface area (Å²) in [4.78, 5) is 0. The van der Waals surface area contributed by atoms with Crippen molar-refractivity contribution < 1.29 is 77.2 Å². The first kappa shape index (κ1) is 54.3. The Balaban J connectivity index is 0.000000176. The third kappa shape index (κ3) is 13.8. The molecule has 68 heavy (non-hydrogen) atoms. The SMILES string of the molecule is Cc1cc2ccccc2[cH-]1.Cc1cc2ccccc2[cH-]1.[Cl-].[Cl-].[Zr+2].[Zr+2].c1ccc(P(c2ccccc2)c2cc3ccccc3[cH-]2)cc1.c1ccc(P(c2ccccc2)c2cc3ccccc3[cH-]2)cc1. The quantitative estimate of drug-likeness (QED) is 0.116. The van der Waals surface area contributed by atoms with Crippen molar-refractivity contribution in [1.29, 1.82) is 0 Å². The van der Waals surface area contributed by atoms with Crippen molar-refractivity contribution in [3.8, 4) is 0 Å². The largest absolute Gasteiger partial charge is 2.00 e. The van der Waals surface area contributed by atoms with Gasteiger partial charge in [0, 0.05) is 0 Å². The van der Waals surface area contributed by atoms with Crippen molar-refractivity contribution in [1.82, 2.24) is 0 Å². The summed E-state index contributed by atoms with van der Waals surface area (Å²) in [7, 11) is -0.986. The minimum Gasteiger partial charge on any atom is -1.00 e. The zero-order chi connectivity index (χ0) is 43.5. The average Bonchev–Trinajstić information content (AvgIpc) is 4.15. The molecule has 0 aliphatic rings. The summed E-state index contributed by atoms with van der Waals surface area (Å²) in [5, 5.41) is 19.2. The summed E-state index contributed by atoms with van der Waals surface area (Å²) in [6, 6.07) is 95.7. The van der Waals surface area contributed by atoms with E-state index in [1.807, 2.05) is 0 Å². The minimum absolute atomic E-state index is 0. The first-order valence-electron chi connectivity index (χ1n) is 21.9. The molecule has 0 aromatic heterocycles. The molecule has 12 rings (SSSR count). The molecule has 12 aromatic rings. The van der Waals surface area contributed by atoms with Gasteiger partial charge in [-0.1, -0.05) is 159 Å². The second-order valence-electron chi connectivity index (χ2n) is 16.0. The average molecular weight is 1110 g/mol. The van der Waals surface area contributed by atoms with Crippen LogP contribution in [0.25, 0.3) is 43.1 Å². The van der Waals surface area contributed by atoms with Gasteiger partial charge in [0.15, 0.2) is 0 Å². The molecule has 0 saturated carbocycles. The van der Waals surface area contributed by atoms with Crippen LogP contribution < -0.4 is 56.6 Å². The van der Waals surface area contributed by atoms with Gasteiger partial charge in [-0.25, -0.2) is 0 Å². The predicted molar refractivity (Wildman–Crippen MR) is 285 cm³/mol. The van der Waals surface area contributed by atoms with Crippen LogP contribution >= 0.6 is 15.8 Å². The van der Waals surface area contributed by atoms with Crippen LogP contribution in [0, 0.1) is 13.8 Å². The zero-order valence-corrected chi connectivity index (χ0v) is 46.3. The van der Waals surface area contributed by atoms with Crippen LogP contribution in [0.4, 0.5) is 0 Å². The van der Waals surface area contributed by atoms with E-state index in [2.05, 4.69) is 281 Å². The molecule has 0 unspecified atom stereocenters. The maximum atomic E-state index is 2.35. The Bertz CT molecular complexity index is 2880. The fourth-order valence-electron chi connectivity index (χ4n) is 8.34. The fraction of sp³-hybridized carbons (Fsp3) is 0.0323. The third-order valence-electron chi connectivity index (χ3n) is 11.3. The number of fused-ring (bicyclic) bond motifs is 4. The van der Waals surface area contributed by atoms with Gasteiger partial charge in [0.1, 0.15) is 0 Å². The summed E-state index contributed by atoms with van der Waals surface area (Å²) in [6.45, 7) is 4.25. The maximum Gasteiger partial charge on any atom is 2.00 e. The smallest absolute Gasteiger partial charge is 1.00 e. The van der Waals surface area contributed by atoms with Crippen LogP contribution in [0.15, 0.2) is 267 Å². The molecular weight excluding hydrogens is 1060 g/mol. The minimum atomic E-state index is -0.493. The molecule has 0 saturated heterocycles. The molecule has 0 aliphatic carbocycles. The molecule has 12 aromatic carbocycles. The summed E-state index contributed by atoms with van der Waals surface area (Å²) in [6.07, 6.45) is 0. The summed E-state index contributed by atoms with van der Waals surface area (Å²) in [5.41, 5.74) is 2.70. The van der Waals surface area contributed by atoms with Gasteiger partial charge >= 0.3 is 52.4 Å². The van der Waals surface area contributed by atoms with Crippen molar-refractivity contribution in [3.05, 3.63) is 278 Å². The molecule has 0 bridgehead atoms. The van der Waals surface area contributed by atoms with E-state index >= 15 is 0 Å². The molecule has 0 radical (unpaired) electrons. The number of aryl methyl sites for hydroxylation is 2. The zero-order valence-electron chi connectivity index (χ0n) is 38.1. The Morgan fingerprint density at radius 3 is 0.735 bits per heavy atom. The fourth-order valence-corrected chi connectivity index (χ4v) is 13.1. The Hall–Kier alpha value is -4.59. The molecule has 0 atom stereocenters. The number of rotatable bonds is 6. The summed E-state index contributed by atoms with van der Waals surface area (Å²) >= 11 is 0. The van der Waals surface area contributed by atoms with E-state index in [0.29, 0.717) is 0 Å². The second-order valence-corrected chi connectivity index (χ2v) is 20.5. The Morgan fingerprint density at radius 2 is 0.485 bits per heavy atom. The Morgan fingerprint density at radius 1 is 0.265 bits per heavy atom. The molecule has 332 valence electrons.